The summed E-state index contributed by atoms with van der Waals surface area (Å²) in [6.45, 7) is 4.14. The molecule has 1 aliphatic rings. The van der Waals surface area contributed by atoms with Gasteiger partial charge in [0.2, 0.25) is 5.82 Å². The summed E-state index contributed by atoms with van der Waals surface area (Å²) < 4.78 is 5.43. The van der Waals surface area contributed by atoms with E-state index in [1.165, 1.54) is 0 Å². The van der Waals surface area contributed by atoms with Crippen LogP contribution in [-0.4, -0.2) is 39.7 Å². The molecule has 6 heteroatoms. The molecule has 0 radical (unpaired) electrons. The van der Waals surface area contributed by atoms with E-state index >= 15 is 0 Å². The molecule has 0 saturated carbocycles. The summed E-state index contributed by atoms with van der Waals surface area (Å²) in [5, 5.41) is 4.10. The molecule has 1 aliphatic heterocycles. The molecule has 0 N–H and O–H groups in total. The highest BCUT2D eigenvalue weighted by Crippen LogP contribution is 2.25. The van der Waals surface area contributed by atoms with E-state index in [4.69, 9.17) is 4.52 Å². The summed E-state index contributed by atoms with van der Waals surface area (Å²) in [7, 11) is 0. The molecular weight excluding hydrogens is 320 g/mol. The van der Waals surface area contributed by atoms with Crippen LogP contribution in [0, 0.1) is 6.92 Å². The van der Waals surface area contributed by atoms with E-state index in [2.05, 4.69) is 20.0 Å². The Hall–Kier alpha value is -2.34. The molecule has 0 unspecified atom stereocenters. The van der Waals surface area contributed by atoms with Crippen LogP contribution in [0.3, 0.4) is 0 Å². The molecule has 1 fully saturated rings. The van der Waals surface area contributed by atoms with Crippen molar-refractivity contribution in [2.75, 3.05) is 29.5 Å². The number of nitrogens with zero attached hydrogens (tertiary/aromatic N) is 4. The molecule has 5 nitrogen and oxygen atoms in total. The topological polar surface area (TPSA) is 55.1 Å². The fourth-order valence-electron chi connectivity index (χ4n) is 2.76. The molecule has 0 amide bonds. The predicted octanol–water partition coefficient (Wildman–Crippen LogP) is 3.66. The highest BCUT2D eigenvalue weighted by atomic mass is 32.2. The van der Waals surface area contributed by atoms with Crippen LogP contribution < -0.4 is 4.90 Å². The van der Waals surface area contributed by atoms with Gasteiger partial charge in [0.1, 0.15) is 5.82 Å². The molecule has 0 bridgehead atoms. The SMILES string of the molecule is Cc1ccccc1-c1nc(-c2ccc(N3CCSCC3)nc2)no1. The van der Waals surface area contributed by atoms with Gasteiger partial charge in [-0.15, -0.1) is 0 Å². The van der Waals surface area contributed by atoms with Crippen LogP contribution in [0.15, 0.2) is 47.1 Å². The van der Waals surface area contributed by atoms with E-state index in [-0.39, 0.29) is 0 Å². The molecule has 1 aromatic carbocycles. The monoisotopic (exact) mass is 338 g/mol. The summed E-state index contributed by atoms with van der Waals surface area (Å²) >= 11 is 1.99. The van der Waals surface area contributed by atoms with Crippen LogP contribution in [0.2, 0.25) is 0 Å². The lowest BCUT2D eigenvalue weighted by molar-refractivity contribution is 0.432. The zero-order chi connectivity index (χ0) is 16.4. The first-order valence-electron chi connectivity index (χ1n) is 8.00. The first-order chi connectivity index (χ1) is 11.8. The van der Waals surface area contributed by atoms with E-state index in [1.807, 2.05) is 61.3 Å². The largest absolute Gasteiger partial charge is 0.355 e. The Morgan fingerprint density at radius 2 is 1.92 bits per heavy atom. The Morgan fingerprint density at radius 1 is 1.08 bits per heavy atom. The van der Waals surface area contributed by atoms with Gasteiger partial charge in [0, 0.05) is 41.9 Å². The van der Waals surface area contributed by atoms with Gasteiger partial charge in [-0.1, -0.05) is 23.4 Å². The first kappa shape index (κ1) is 15.2. The Labute approximate surface area is 145 Å². The fourth-order valence-corrected chi connectivity index (χ4v) is 3.66. The number of aryl methyl sites for hydroxylation is 1. The van der Waals surface area contributed by atoms with Gasteiger partial charge in [-0.3, -0.25) is 0 Å². The van der Waals surface area contributed by atoms with Crippen molar-refractivity contribution in [1.82, 2.24) is 15.1 Å². The van der Waals surface area contributed by atoms with Crippen LogP contribution in [0.4, 0.5) is 5.82 Å². The van der Waals surface area contributed by atoms with Gasteiger partial charge in [-0.05, 0) is 30.7 Å². The number of aromatic nitrogens is 3. The third-order valence-corrected chi connectivity index (χ3v) is 5.09. The van der Waals surface area contributed by atoms with E-state index in [9.17, 15) is 0 Å². The van der Waals surface area contributed by atoms with Gasteiger partial charge in [0.05, 0.1) is 0 Å². The number of rotatable bonds is 3. The summed E-state index contributed by atoms with van der Waals surface area (Å²) in [5.74, 6) is 4.45. The average Bonchev–Trinajstić information content (AvgIpc) is 3.13. The lowest BCUT2D eigenvalue weighted by Gasteiger charge is -2.27. The van der Waals surface area contributed by atoms with Gasteiger partial charge in [0.25, 0.3) is 5.89 Å². The number of pyridine rings is 1. The second-order valence-corrected chi connectivity index (χ2v) is 6.97. The maximum atomic E-state index is 5.43. The molecule has 122 valence electrons. The quantitative estimate of drug-likeness (QED) is 0.726. The van der Waals surface area contributed by atoms with Gasteiger partial charge < -0.3 is 9.42 Å². The maximum absolute atomic E-state index is 5.43. The van der Waals surface area contributed by atoms with Crippen LogP contribution in [0.25, 0.3) is 22.8 Å². The summed E-state index contributed by atoms with van der Waals surface area (Å²) in [4.78, 5) is 11.4. The molecule has 0 aliphatic carbocycles. The fraction of sp³-hybridized carbons (Fsp3) is 0.278. The molecule has 24 heavy (non-hydrogen) atoms. The van der Waals surface area contributed by atoms with E-state index < -0.39 is 0 Å². The summed E-state index contributed by atoms with van der Waals surface area (Å²) in [6, 6.07) is 12.0. The number of hydrogen-bond donors (Lipinski definition) is 0. The second-order valence-electron chi connectivity index (χ2n) is 5.74. The zero-order valence-corrected chi connectivity index (χ0v) is 14.3. The lowest BCUT2D eigenvalue weighted by Crippen LogP contribution is -2.32. The van der Waals surface area contributed by atoms with Crippen molar-refractivity contribution in [2.45, 2.75) is 6.92 Å². The highest BCUT2D eigenvalue weighted by Gasteiger charge is 2.15. The van der Waals surface area contributed by atoms with E-state index in [1.54, 1.807) is 0 Å². The molecule has 3 heterocycles. The minimum absolute atomic E-state index is 0.542. The smallest absolute Gasteiger partial charge is 0.258 e. The minimum atomic E-state index is 0.542. The average molecular weight is 338 g/mol. The Kier molecular flexibility index (Phi) is 4.21. The standard InChI is InChI=1S/C18H18N4OS/c1-13-4-2-3-5-15(13)18-20-17(21-23-18)14-6-7-16(19-12-14)22-8-10-24-11-9-22/h2-7,12H,8-11H2,1H3. The number of hydrogen-bond acceptors (Lipinski definition) is 6. The predicted molar refractivity (Wildman–Crippen MR) is 97.2 cm³/mol. The zero-order valence-electron chi connectivity index (χ0n) is 13.5. The van der Waals surface area contributed by atoms with Crippen LogP contribution in [0.5, 0.6) is 0 Å². The Balaban J connectivity index is 1.57. The maximum Gasteiger partial charge on any atom is 0.258 e. The number of anilines is 1. The van der Waals surface area contributed by atoms with Gasteiger partial charge in [-0.2, -0.15) is 16.7 Å². The minimum Gasteiger partial charge on any atom is -0.355 e. The van der Waals surface area contributed by atoms with Crippen molar-refractivity contribution in [3.05, 3.63) is 48.2 Å². The molecule has 1 saturated heterocycles. The molecule has 3 aromatic rings. The molecular formula is C18H18N4OS. The summed E-state index contributed by atoms with van der Waals surface area (Å²) in [5.41, 5.74) is 2.95. The van der Waals surface area contributed by atoms with Crippen molar-refractivity contribution >= 4 is 17.6 Å². The van der Waals surface area contributed by atoms with Crippen molar-refractivity contribution in [3.8, 4) is 22.8 Å². The number of thioether (sulfide) groups is 1. The van der Waals surface area contributed by atoms with Gasteiger partial charge >= 0.3 is 0 Å². The van der Waals surface area contributed by atoms with Crippen LogP contribution >= 0.6 is 11.8 Å². The van der Waals surface area contributed by atoms with Crippen LogP contribution in [-0.2, 0) is 0 Å². The Morgan fingerprint density at radius 3 is 2.67 bits per heavy atom. The number of benzene rings is 1. The van der Waals surface area contributed by atoms with E-state index in [0.717, 1.165) is 47.1 Å². The Bertz CT molecular complexity index is 825. The van der Waals surface area contributed by atoms with Crippen molar-refractivity contribution in [1.29, 1.82) is 0 Å². The van der Waals surface area contributed by atoms with Crippen molar-refractivity contribution in [2.24, 2.45) is 0 Å². The second kappa shape index (κ2) is 6.65. The first-order valence-corrected chi connectivity index (χ1v) is 9.15. The third kappa shape index (κ3) is 3.01. The van der Waals surface area contributed by atoms with Gasteiger partial charge in [-0.25, -0.2) is 4.98 Å². The molecule has 2 aromatic heterocycles. The normalized spacial score (nSPS) is 14.8. The van der Waals surface area contributed by atoms with Gasteiger partial charge in [0.15, 0.2) is 0 Å². The molecule has 4 rings (SSSR count). The lowest BCUT2D eigenvalue weighted by atomic mass is 10.1. The highest BCUT2D eigenvalue weighted by molar-refractivity contribution is 7.99. The van der Waals surface area contributed by atoms with Crippen molar-refractivity contribution < 1.29 is 4.52 Å². The van der Waals surface area contributed by atoms with E-state index in [0.29, 0.717) is 11.7 Å². The third-order valence-electron chi connectivity index (χ3n) is 4.14. The molecule has 0 spiro atoms. The molecule has 0 atom stereocenters. The van der Waals surface area contributed by atoms with Crippen molar-refractivity contribution in [3.63, 3.8) is 0 Å². The summed E-state index contributed by atoms with van der Waals surface area (Å²) in [6.07, 6.45) is 1.82. The van der Waals surface area contributed by atoms with Crippen LogP contribution in [0.1, 0.15) is 5.56 Å².